The van der Waals surface area contributed by atoms with Gasteiger partial charge in [0.2, 0.25) is 5.91 Å². The van der Waals surface area contributed by atoms with E-state index in [2.05, 4.69) is 10.3 Å². The third kappa shape index (κ3) is 3.96. The summed E-state index contributed by atoms with van der Waals surface area (Å²) in [5, 5.41) is 3.44. The number of nitrogens with one attached hydrogen (secondary N) is 1. The minimum Gasteiger partial charge on any atom is -0.325 e. The van der Waals surface area contributed by atoms with Gasteiger partial charge in [0, 0.05) is 11.1 Å². The number of carbonyl (C=O) groups is 1. The van der Waals surface area contributed by atoms with E-state index >= 15 is 0 Å². The molecule has 6 nitrogen and oxygen atoms in total. The lowest BCUT2D eigenvalue weighted by atomic mass is 10.1. The summed E-state index contributed by atoms with van der Waals surface area (Å²) < 4.78 is 17.2. The molecule has 0 aliphatic carbocycles. The summed E-state index contributed by atoms with van der Waals surface area (Å²) in [6.07, 6.45) is 1.47. The number of nitrogens with zero attached hydrogens (tertiary/aromatic N) is 3. The van der Waals surface area contributed by atoms with Crippen molar-refractivity contribution >= 4 is 33.5 Å². The molecule has 0 unspecified atom stereocenters. The van der Waals surface area contributed by atoms with Gasteiger partial charge in [-0.1, -0.05) is 42.5 Å². The highest BCUT2D eigenvalue weighted by atomic mass is 19.1. The minimum atomic E-state index is -0.429. The number of carbonyl (C=O) groups excluding carboxylic acids is 1. The lowest BCUT2D eigenvalue weighted by molar-refractivity contribution is -0.116. The lowest BCUT2D eigenvalue weighted by Crippen LogP contribution is -2.25. The molecule has 1 N–H and O–H groups in total. The number of hydrogen-bond acceptors (Lipinski definition) is 3. The van der Waals surface area contributed by atoms with Crippen molar-refractivity contribution < 1.29 is 9.18 Å². The van der Waals surface area contributed by atoms with Gasteiger partial charge in [-0.05, 0) is 54.8 Å². The molecule has 0 aliphatic rings. The van der Waals surface area contributed by atoms with Crippen molar-refractivity contribution in [2.24, 2.45) is 0 Å². The fourth-order valence-electron chi connectivity index (χ4n) is 4.23. The Kier molecular flexibility index (Phi) is 5.45. The molecule has 170 valence electrons. The molecule has 2 heterocycles. The maximum Gasteiger partial charge on any atom is 0.278 e. The SMILES string of the molecule is Cc1ccc(C)c(NC(=O)Cn2c3ccc(F)cc3c3ncn(Cc4ccccc4)c(=O)c32)c1. The molecule has 0 fully saturated rings. The molecular formula is C27H23FN4O2. The number of aromatic nitrogens is 3. The van der Waals surface area contributed by atoms with Crippen molar-refractivity contribution in [2.75, 3.05) is 5.32 Å². The van der Waals surface area contributed by atoms with Gasteiger partial charge >= 0.3 is 0 Å². The highest BCUT2D eigenvalue weighted by Crippen LogP contribution is 2.26. The van der Waals surface area contributed by atoms with E-state index in [-0.39, 0.29) is 23.5 Å². The van der Waals surface area contributed by atoms with E-state index in [1.807, 2.05) is 62.4 Å². The van der Waals surface area contributed by atoms with Crippen LogP contribution in [0.2, 0.25) is 0 Å². The summed E-state index contributed by atoms with van der Waals surface area (Å²) in [4.78, 5) is 31.1. The number of hydrogen-bond donors (Lipinski definition) is 1. The first kappa shape index (κ1) is 21.6. The number of halogens is 1. The second-order valence-electron chi connectivity index (χ2n) is 8.47. The van der Waals surface area contributed by atoms with Crippen LogP contribution in [0.5, 0.6) is 0 Å². The molecule has 34 heavy (non-hydrogen) atoms. The first-order valence-corrected chi connectivity index (χ1v) is 11.0. The van der Waals surface area contributed by atoms with Gasteiger partial charge in [0.25, 0.3) is 5.56 Å². The maximum absolute atomic E-state index is 14.1. The fraction of sp³-hybridized carbons (Fsp3) is 0.148. The Labute approximate surface area is 195 Å². The number of amides is 1. The highest BCUT2D eigenvalue weighted by molar-refractivity contribution is 6.06. The Balaban J connectivity index is 1.61. The second kappa shape index (κ2) is 8.59. The van der Waals surface area contributed by atoms with Gasteiger partial charge in [0.05, 0.1) is 18.4 Å². The van der Waals surface area contributed by atoms with E-state index in [1.165, 1.54) is 23.0 Å². The zero-order chi connectivity index (χ0) is 23.8. The summed E-state index contributed by atoms with van der Waals surface area (Å²) in [7, 11) is 0. The number of rotatable bonds is 5. The molecular weight excluding hydrogens is 431 g/mol. The van der Waals surface area contributed by atoms with Gasteiger partial charge in [0.1, 0.15) is 23.4 Å². The third-order valence-corrected chi connectivity index (χ3v) is 5.95. The van der Waals surface area contributed by atoms with Crippen molar-refractivity contribution in [1.29, 1.82) is 0 Å². The Bertz CT molecular complexity index is 1600. The van der Waals surface area contributed by atoms with Gasteiger partial charge in [-0.15, -0.1) is 0 Å². The first-order chi connectivity index (χ1) is 16.4. The summed E-state index contributed by atoms with van der Waals surface area (Å²) in [6, 6.07) is 19.7. The molecule has 3 aromatic carbocycles. The third-order valence-electron chi connectivity index (χ3n) is 5.95. The van der Waals surface area contributed by atoms with Crippen molar-refractivity contribution in [3.63, 3.8) is 0 Å². The number of anilines is 1. The van der Waals surface area contributed by atoms with Gasteiger partial charge in [0.15, 0.2) is 0 Å². The van der Waals surface area contributed by atoms with Crippen LogP contribution in [0, 0.1) is 19.7 Å². The Morgan fingerprint density at radius 2 is 1.82 bits per heavy atom. The first-order valence-electron chi connectivity index (χ1n) is 11.0. The van der Waals surface area contributed by atoms with Gasteiger partial charge in [-0.3, -0.25) is 14.2 Å². The van der Waals surface area contributed by atoms with Crippen LogP contribution in [0.1, 0.15) is 16.7 Å². The number of benzene rings is 3. The van der Waals surface area contributed by atoms with Crippen LogP contribution in [0.3, 0.4) is 0 Å². The van der Waals surface area contributed by atoms with E-state index in [0.29, 0.717) is 23.0 Å². The molecule has 0 aliphatic heterocycles. The normalized spacial score (nSPS) is 11.3. The molecule has 5 rings (SSSR count). The number of aryl methyl sites for hydroxylation is 2. The molecule has 2 aromatic heterocycles. The van der Waals surface area contributed by atoms with Crippen LogP contribution in [0.15, 0.2) is 77.9 Å². The van der Waals surface area contributed by atoms with Gasteiger partial charge in [-0.25, -0.2) is 9.37 Å². The molecule has 1 amide bonds. The molecule has 5 aromatic rings. The summed E-state index contributed by atoms with van der Waals surface area (Å²) in [5.74, 6) is -0.712. The van der Waals surface area contributed by atoms with Gasteiger partial charge in [-0.2, -0.15) is 0 Å². The maximum atomic E-state index is 14.1. The van der Waals surface area contributed by atoms with E-state index in [4.69, 9.17) is 0 Å². The zero-order valence-electron chi connectivity index (χ0n) is 18.9. The van der Waals surface area contributed by atoms with E-state index in [1.54, 1.807) is 10.6 Å². The predicted molar refractivity (Wildman–Crippen MR) is 132 cm³/mol. The van der Waals surface area contributed by atoms with Crippen molar-refractivity contribution in [3.05, 3.63) is 106 Å². The zero-order valence-corrected chi connectivity index (χ0v) is 18.9. The quantitative estimate of drug-likeness (QED) is 0.415. The van der Waals surface area contributed by atoms with Crippen LogP contribution in [-0.4, -0.2) is 20.0 Å². The average Bonchev–Trinajstić information content (AvgIpc) is 3.12. The smallest absolute Gasteiger partial charge is 0.278 e. The molecule has 0 radical (unpaired) electrons. The van der Waals surface area contributed by atoms with Gasteiger partial charge < -0.3 is 9.88 Å². The molecule has 0 atom stereocenters. The van der Waals surface area contributed by atoms with Crippen LogP contribution < -0.4 is 10.9 Å². The summed E-state index contributed by atoms with van der Waals surface area (Å²) >= 11 is 0. The van der Waals surface area contributed by atoms with Crippen LogP contribution in [-0.2, 0) is 17.9 Å². The van der Waals surface area contributed by atoms with Crippen LogP contribution in [0.4, 0.5) is 10.1 Å². The lowest BCUT2D eigenvalue weighted by Gasteiger charge is -2.12. The summed E-state index contributed by atoms with van der Waals surface area (Å²) in [6.45, 7) is 4.11. The monoisotopic (exact) mass is 454 g/mol. The number of fused-ring (bicyclic) bond motifs is 3. The molecule has 7 heteroatoms. The largest absolute Gasteiger partial charge is 0.325 e. The molecule has 0 spiro atoms. The van der Waals surface area contributed by atoms with Crippen LogP contribution in [0.25, 0.3) is 21.9 Å². The average molecular weight is 455 g/mol. The molecule has 0 saturated heterocycles. The topological polar surface area (TPSA) is 68.9 Å². The van der Waals surface area contributed by atoms with Crippen LogP contribution >= 0.6 is 0 Å². The van der Waals surface area contributed by atoms with E-state index in [0.717, 1.165) is 22.4 Å². The minimum absolute atomic E-state index is 0.106. The van der Waals surface area contributed by atoms with E-state index < -0.39 is 5.82 Å². The Morgan fingerprint density at radius 1 is 1.03 bits per heavy atom. The molecule has 0 bridgehead atoms. The second-order valence-corrected chi connectivity index (χ2v) is 8.47. The summed E-state index contributed by atoms with van der Waals surface area (Å²) in [5.41, 5.74) is 4.58. The fourth-order valence-corrected chi connectivity index (χ4v) is 4.23. The predicted octanol–water partition coefficient (Wildman–Crippen LogP) is 4.79. The van der Waals surface area contributed by atoms with Crippen molar-refractivity contribution in [3.8, 4) is 0 Å². The highest BCUT2D eigenvalue weighted by Gasteiger charge is 2.19. The van der Waals surface area contributed by atoms with E-state index in [9.17, 15) is 14.0 Å². The Hall–Kier alpha value is -4.26. The standard InChI is InChI=1S/C27H23FN4O2/c1-17-8-9-18(2)22(12-17)30-24(33)15-32-23-11-10-20(28)13-21(23)25-26(32)27(34)31(16-29-25)14-19-6-4-3-5-7-19/h3-13,16H,14-15H2,1-2H3,(H,30,33). The van der Waals surface area contributed by atoms with Crippen molar-refractivity contribution in [1.82, 2.24) is 14.1 Å². The Morgan fingerprint density at radius 3 is 2.62 bits per heavy atom. The van der Waals surface area contributed by atoms with Crippen molar-refractivity contribution in [2.45, 2.75) is 26.9 Å². The molecule has 0 saturated carbocycles.